The first-order valence-electron chi connectivity index (χ1n) is 1.20. The van der Waals surface area contributed by atoms with Gasteiger partial charge in [0.25, 0.3) is 6.03 Å². The van der Waals surface area contributed by atoms with Crippen molar-refractivity contribution < 1.29 is 4.79 Å². The van der Waals surface area contributed by atoms with E-state index in [4.69, 9.17) is 0 Å². The third kappa shape index (κ3) is 1.97. The van der Waals surface area contributed by atoms with Gasteiger partial charge >= 0.3 is 0 Å². The molecule has 0 aromatic carbocycles. The van der Waals surface area contributed by atoms with Gasteiger partial charge in [0.05, 0.1) is 0 Å². The number of amides is 2. The Hall–Kier alpha value is -0.296. The normalized spacial score (nSPS) is 7.00. The minimum absolute atomic E-state index is 0.330. The molecule has 0 atom stereocenters. The number of carbonyl (C=O) groups excluding carboxylic acids is 1. The van der Waals surface area contributed by atoms with Crippen LogP contribution in [0.4, 0.5) is 4.79 Å². The average molecular weight is 114 g/mol. The van der Waals surface area contributed by atoms with Crippen molar-refractivity contribution in [1.82, 2.24) is 9.96 Å². The van der Waals surface area contributed by atoms with E-state index in [1.165, 1.54) is 0 Å². The number of rotatable bonds is 0. The number of carbonyl (C=O) groups is 1. The molecule has 6 radical (unpaired) electrons. The van der Waals surface area contributed by atoms with Gasteiger partial charge in [0.2, 0.25) is 0 Å². The second-order valence-electron chi connectivity index (χ2n) is 0.579. The molecule has 0 saturated heterocycles. The molecule has 0 rings (SSSR count). The number of nitrogens with one attached hydrogen (secondary N) is 2. The van der Waals surface area contributed by atoms with Crippen molar-refractivity contribution >= 4 is 26.8 Å². The molecule has 30 valence electrons. The van der Waals surface area contributed by atoms with E-state index >= 15 is 0 Å². The number of urea groups is 1. The molecule has 0 aliphatic heterocycles. The standard InChI is InChI=1S/CH2N2OSi2/c4-1(2-5)3-6/h(H2,2,3,4). The summed E-state index contributed by atoms with van der Waals surface area (Å²) in [6.45, 7) is 0. The van der Waals surface area contributed by atoms with Gasteiger partial charge in [-0.3, -0.25) is 4.79 Å². The van der Waals surface area contributed by atoms with Gasteiger partial charge in [-0.25, -0.2) is 0 Å². The lowest BCUT2D eigenvalue weighted by Crippen LogP contribution is -2.31. The summed E-state index contributed by atoms with van der Waals surface area (Å²) in [5.41, 5.74) is 0. The molecule has 0 unspecified atom stereocenters. The van der Waals surface area contributed by atoms with E-state index in [1.807, 2.05) is 0 Å². The summed E-state index contributed by atoms with van der Waals surface area (Å²) in [7, 11) is 5.45. The summed E-state index contributed by atoms with van der Waals surface area (Å²) in [6, 6.07) is -0.330. The molecule has 5 heteroatoms. The lowest BCUT2D eigenvalue weighted by atomic mass is 11.2. The van der Waals surface area contributed by atoms with Crippen LogP contribution in [0.15, 0.2) is 0 Å². The summed E-state index contributed by atoms with van der Waals surface area (Å²) in [6.07, 6.45) is 0. The highest BCUT2D eigenvalue weighted by Gasteiger charge is 1.82. The monoisotopic (exact) mass is 114 g/mol. The summed E-state index contributed by atoms with van der Waals surface area (Å²) < 4.78 is 0. The van der Waals surface area contributed by atoms with Crippen molar-refractivity contribution in [2.75, 3.05) is 0 Å². The average Bonchev–Trinajstić information content (AvgIpc) is 1.65. The fourth-order valence-electron chi connectivity index (χ4n) is 0.0312. The Morgan fingerprint density at radius 2 is 1.67 bits per heavy atom. The first-order valence-corrected chi connectivity index (χ1v) is 2.20. The quantitative estimate of drug-likeness (QED) is 0.368. The van der Waals surface area contributed by atoms with Crippen molar-refractivity contribution in [1.29, 1.82) is 0 Å². The second-order valence-corrected chi connectivity index (χ2v) is 1.08. The number of hydrogen-bond donors (Lipinski definition) is 2. The SMILES string of the molecule is O=C(N[Si])N[Si]. The fraction of sp³-hybridized carbons (Fsp3) is 0. The Labute approximate surface area is 42.5 Å². The predicted octanol–water partition coefficient (Wildman–Crippen LogP) is -1.55. The highest BCUT2D eigenvalue weighted by Crippen LogP contribution is 1.46. The van der Waals surface area contributed by atoms with E-state index in [9.17, 15) is 4.79 Å². The smallest absolute Gasteiger partial charge is 0.298 e. The van der Waals surface area contributed by atoms with Crippen molar-refractivity contribution in [3.63, 3.8) is 0 Å². The highest BCUT2D eigenvalue weighted by molar-refractivity contribution is 6.21. The first-order chi connectivity index (χ1) is 2.81. The molecule has 2 amide bonds. The van der Waals surface area contributed by atoms with Crippen molar-refractivity contribution in [2.24, 2.45) is 0 Å². The van der Waals surface area contributed by atoms with Crippen LogP contribution in [0.25, 0.3) is 0 Å². The molecule has 0 aliphatic rings. The van der Waals surface area contributed by atoms with Crippen LogP contribution in [0.5, 0.6) is 0 Å². The van der Waals surface area contributed by atoms with Crippen LogP contribution in [0.2, 0.25) is 0 Å². The van der Waals surface area contributed by atoms with Crippen LogP contribution in [0.1, 0.15) is 0 Å². The maximum atomic E-state index is 9.86. The molecule has 0 aromatic rings. The molecule has 0 heterocycles. The van der Waals surface area contributed by atoms with E-state index in [1.54, 1.807) is 0 Å². The van der Waals surface area contributed by atoms with Crippen LogP contribution in [0, 0.1) is 0 Å². The zero-order valence-electron chi connectivity index (χ0n) is 2.91. The summed E-state index contributed by atoms with van der Waals surface area (Å²) in [5.74, 6) is 0. The largest absolute Gasteiger partial charge is 0.367 e. The minimum atomic E-state index is -0.330. The molecule has 0 saturated carbocycles. The van der Waals surface area contributed by atoms with Gasteiger partial charge in [-0.1, -0.05) is 0 Å². The molecule has 0 aromatic heterocycles. The molecule has 0 fully saturated rings. The molecular weight excluding hydrogens is 112 g/mol. The van der Waals surface area contributed by atoms with Gasteiger partial charge in [-0.05, 0) is 0 Å². The second kappa shape index (κ2) is 2.92. The van der Waals surface area contributed by atoms with Crippen molar-refractivity contribution in [3.05, 3.63) is 0 Å². The van der Waals surface area contributed by atoms with Gasteiger partial charge in [0.1, 0.15) is 0 Å². The van der Waals surface area contributed by atoms with Gasteiger partial charge in [0, 0.05) is 0 Å². The molecule has 0 spiro atoms. The van der Waals surface area contributed by atoms with Crippen molar-refractivity contribution in [3.8, 4) is 0 Å². The van der Waals surface area contributed by atoms with Crippen LogP contribution in [-0.4, -0.2) is 26.8 Å². The third-order valence-corrected chi connectivity index (χ3v) is 0.681. The van der Waals surface area contributed by atoms with E-state index < -0.39 is 0 Å². The van der Waals surface area contributed by atoms with Gasteiger partial charge in [-0.2, -0.15) is 0 Å². The van der Waals surface area contributed by atoms with Crippen LogP contribution < -0.4 is 9.96 Å². The maximum Gasteiger partial charge on any atom is 0.298 e. The first kappa shape index (κ1) is 5.70. The molecule has 6 heavy (non-hydrogen) atoms. The lowest BCUT2D eigenvalue weighted by Gasteiger charge is -1.90. The van der Waals surface area contributed by atoms with Gasteiger partial charge in [-0.15, -0.1) is 0 Å². The molecule has 0 aliphatic carbocycles. The Bertz CT molecular complexity index is 49.5. The zero-order valence-corrected chi connectivity index (χ0v) is 4.91. The van der Waals surface area contributed by atoms with Gasteiger partial charge < -0.3 is 9.96 Å². The minimum Gasteiger partial charge on any atom is -0.367 e. The summed E-state index contributed by atoms with van der Waals surface area (Å²) in [4.78, 5) is 14.1. The highest BCUT2D eigenvalue weighted by atomic mass is 28.2. The Balaban J connectivity index is 2.99. The zero-order chi connectivity index (χ0) is 4.99. The Morgan fingerprint density at radius 3 is 1.67 bits per heavy atom. The van der Waals surface area contributed by atoms with Crippen LogP contribution in [-0.2, 0) is 0 Å². The topological polar surface area (TPSA) is 41.1 Å². The van der Waals surface area contributed by atoms with E-state index in [0.717, 1.165) is 0 Å². The molecule has 0 bridgehead atoms. The third-order valence-electron chi connectivity index (χ3n) is 0.227. The van der Waals surface area contributed by atoms with Crippen molar-refractivity contribution in [2.45, 2.75) is 0 Å². The summed E-state index contributed by atoms with van der Waals surface area (Å²) >= 11 is 0. The number of hydrogen-bond acceptors (Lipinski definition) is 1. The van der Waals surface area contributed by atoms with Crippen LogP contribution in [0.3, 0.4) is 0 Å². The summed E-state index contributed by atoms with van der Waals surface area (Å²) in [5, 5.41) is 0. The van der Waals surface area contributed by atoms with Crippen LogP contribution >= 0.6 is 0 Å². The molecule has 2 N–H and O–H groups in total. The lowest BCUT2D eigenvalue weighted by molar-refractivity contribution is 0.251. The molecular formula is CH2N2OSi2. The van der Waals surface area contributed by atoms with E-state index in [0.29, 0.717) is 0 Å². The Kier molecular flexibility index (Phi) is 2.77. The van der Waals surface area contributed by atoms with Gasteiger partial charge in [0.15, 0.2) is 20.8 Å². The molecule has 3 nitrogen and oxygen atoms in total. The van der Waals surface area contributed by atoms with E-state index in [-0.39, 0.29) is 6.03 Å². The fourth-order valence-corrected chi connectivity index (χ4v) is 0.281. The van der Waals surface area contributed by atoms with E-state index in [2.05, 4.69) is 30.8 Å². The maximum absolute atomic E-state index is 9.86. The Morgan fingerprint density at radius 1 is 1.33 bits per heavy atom. The predicted molar refractivity (Wildman–Crippen MR) is 23.2 cm³/mol.